The summed E-state index contributed by atoms with van der Waals surface area (Å²) in [6.45, 7) is 4.97. The van der Waals surface area contributed by atoms with Crippen molar-refractivity contribution in [1.82, 2.24) is 0 Å². The minimum absolute atomic E-state index is 0.158. The zero-order chi connectivity index (χ0) is 61.1. The number of nitrogens with zero attached hydrogens (tertiary/aromatic N) is 3. The monoisotopic (exact) mass is 1200 g/mol. The molecule has 2 spiro atoms. The number of hydrogen-bond acceptors (Lipinski definition) is 3. The van der Waals surface area contributed by atoms with Crippen LogP contribution >= 0.6 is 0 Å². The maximum atomic E-state index is 2.69. The second kappa shape index (κ2) is 18.5. The fraction of sp³-hybridized carbons (Fsp3) is 0.0455. The Morgan fingerprint density at radius 3 is 1.20 bits per heavy atom. The molecule has 0 aromatic heterocycles. The number of benzene rings is 14. The van der Waals surface area contributed by atoms with Gasteiger partial charge in [0.1, 0.15) is 8.07 Å². The van der Waals surface area contributed by atoms with Crippen molar-refractivity contribution in [3.8, 4) is 55.6 Å². The quantitative estimate of drug-likeness (QED) is 0.159. The highest BCUT2D eigenvalue weighted by molar-refractivity contribution is 7.05. The van der Waals surface area contributed by atoms with Crippen molar-refractivity contribution in [2.75, 3.05) is 14.7 Å². The molecule has 14 aromatic rings. The van der Waals surface area contributed by atoms with E-state index in [9.17, 15) is 0 Å². The SMILES string of the molecule is C[Si]1(C)c2ccccc2-c2c1ccc1c2N(c2ccccc2)c2cc(N(c3ccccc3)c3cccc4c3-c3ccccc3C43c4ccccc4-c4ccccc43)cc3c2B1c1ccc2c(c1N3c1ccccc1)-c1ccccc1C21c2ccccc2-c2ccccc21. The van der Waals surface area contributed by atoms with Crippen LogP contribution in [0, 0.1) is 0 Å². The lowest BCUT2D eigenvalue weighted by Gasteiger charge is -2.46. The third kappa shape index (κ3) is 6.31. The van der Waals surface area contributed by atoms with Gasteiger partial charge in [0, 0.05) is 56.5 Å². The van der Waals surface area contributed by atoms with E-state index >= 15 is 0 Å². The summed E-state index contributed by atoms with van der Waals surface area (Å²) in [7, 11) is -2.21. The second-order valence-electron chi connectivity index (χ2n) is 26.8. The molecule has 4 aliphatic carbocycles. The van der Waals surface area contributed by atoms with Gasteiger partial charge >= 0.3 is 0 Å². The zero-order valence-corrected chi connectivity index (χ0v) is 52.4. The van der Waals surface area contributed by atoms with Crippen LogP contribution in [0.3, 0.4) is 0 Å². The second-order valence-corrected chi connectivity index (χ2v) is 31.2. The summed E-state index contributed by atoms with van der Waals surface area (Å²) in [5, 5.41) is 2.98. The smallest absolute Gasteiger partial charge is 0.252 e. The van der Waals surface area contributed by atoms with Crippen LogP contribution in [0.5, 0.6) is 0 Å². The van der Waals surface area contributed by atoms with Crippen LogP contribution < -0.4 is 41.5 Å². The molecule has 0 fully saturated rings. The lowest BCUT2D eigenvalue weighted by Crippen LogP contribution is -2.62. The van der Waals surface area contributed by atoms with Gasteiger partial charge in [-0.05, 0) is 165 Å². The Labute approximate surface area is 543 Å². The van der Waals surface area contributed by atoms with Gasteiger partial charge < -0.3 is 14.7 Å². The molecule has 14 aromatic carbocycles. The van der Waals surface area contributed by atoms with Crippen LogP contribution in [0.4, 0.5) is 51.2 Å². The minimum atomic E-state index is -2.21. The normalized spacial score (nSPS) is 15.2. The maximum absolute atomic E-state index is 2.69. The summed E-state index contributed by atoms with van der Waals surface area (Å²) in [6, 6.07) is 121. The van der Waals surface area contributed by atoms with Gasteiger partial charge in [0.25, 0.3) is 6.71 Å². The molecule has 0 amide bonds. The van der Waals surface area contributed by atoms with Crippen LogP contribution in [-0.2, 0) is 10.8 Å². The molecule has 0 radical (unpaired) electrons. The first-order valence-electron chi connectivity index (χ1n) is 32.9. The van der Waals surface area contributed by atoms with E-state index in [0.29, 0.717) is 0 Å². The third-order valence-corrected chi connectivity index (χ3v) is 26.0. The number of para-hydroxylation sites is 3. The summed E-state index contributed by atoms with van der Waals surface area (Å²) in [5.41, 5.74) is 36.9. The van der Waals surface area contributed by atoms with Gasteiger partial charge in [-0.25, -0.2) is 0 Å². The molecule has 0 N–H and O–H groups in total. The van der Waals surface area contributed by atoms with E-state index in [1.54, 1.807) is 0 Å². The Morgan fingerprint density at radius 2 is 0.688 bits per heavy atom. The summed E-state index contributed by atoms with van der Waals surface area (Å²) in [6.07, 6.45) is 0. The molecule has 0 atom stereocenters. The standard InChI is InChI=1S/C88H58BN3Si/c1-93(2)79-48-25-18-39-65(79)83-80(93)52-51-75-86(83)92(57-31-10-5-11-32-57)78-54-58(90(55-27-6-3-7-28-55)76-47-26-46-72-81(76)63-37-16-23-44-70(63)87(72)66-40-19-12-33-59(66)60-34-13-20-41-67(60)87)53-77-84(78)89(75)74-50-49-73-82(85(74)91(77)56-29-8-4-9-30-56)64-38-17-24-45-71(64)88(73)68-42-21-14-35-61(68)62-36-15-22-43-69(62)88/h3-54H,1-2H3. The lowest BCUT2D eigenvalue weighted by atomic mass is 9.33. The van der Waals surface area contributed by atoms with Crippen molar-refractivity contribution in [3.63, 3.8) is 0 Å². The summed E-state index contributed by atoms with van der Waals surface area (Å²) in [5.74, 6) is 0. The van der Waals surface area contributed by atoms with Gasteiger partial charge in [0.15, 0.2) is 0 Å². The third-order valence-electron chi connectivity index (χ3n) is 22.4. The van der Waals surface area contributed by atoms with Gasteiger partial charge in [0.2, 0.25) is 0 Å². The highest BCUT2D eigenvalue weighted by atomic mass is 28.3. The van der Waals surface area contributed by atoms with Crippen molar-refractivity contribution in [2.45, 2.75) is 23.9 Å². The van der Waals surface area contributed by atoms with Crippen molar-refractivity contribution in [1.29, 1.82) is 0 Å². The average Bonchev–Trinajstić information content (AvgIpc) is 1.58. The molecule has 3 nitrogen and oxygen atoms in total. The number of rotatable bonds is 5. The fourth-order valence-electron chi connectivity index (χ4n) is 19.0. The predicted octanol–water partition coefficient (Wildman–Crippen LogP) is 18.7. The van der Waals surface area contributed by atoms with Gasteiger partial charge in [-0.15, -0.1) is 0 Å². The molecule has 0 unspecified atom stereocenters. The van der Waals surface area contributed by atoms with Crippen LogP contribution in [-0.4, -0.2) is 14.8 Å². The Hall–Kier alpha value is -11.2. The summed E-state index contributed by atoms with van der Waals surface area (Å²) >= 11 is 0. The topological polar surface area (TPSA) is 9.72 Å². The van der Waals surface area contributed by atoms with Crippen LogP contribution in [0.25, 0.3) is 55.6 Å². The molecule has 0 saturated carbocycles. The fourth-order valence-corrected chi connectivity index (χ4v) is 22.1. The number of anilines is 9. The Morgan fingerprint density at radius 1 is 0.301 bits per heavy atom. The van der Waals surface area contributed by atoms with Gasteiger partial charge in [-0.2, -0.15) is 0 Å². The molecule has 93 heavy (non-hydrogen) atoms. The van der Waals surface area contributed by atoms with Crippen LogP contribution in [0.15, 0.2) is 315 Å². The van der Waals surface area contributed by atoms with E-state index in [1.807, 2.05) is 0 Å². The van der Waals surface area contributed by atoms with Crippen molar-refractivity contribution >= 4 is 92.7 Å². The molecule has 21 rings (SSSR count). The Bertz CT molecular complexity index is 5510. The maximum Gasteiger partial charge on any atom is 0.252 e. The van der Waals surface area contributed by atoms with E-state index in [0.717, 1.165) is 34.1 Å². The molecular weight excluding hydrogens is 1140 g/mol. The van der Waals surface area contributed by atoms with Gasteiger partial charge in [-0.3, -0.25) is 0 Å². The molecule has 0 bridgehead atoms. The molecule has 3 heterocycles. The largest absolute Gasteiger partial charge is 0.311 e. The van der Waals surface area contributed by atoms with E-state index in [2.05, 4.69) is 343 Å². The highest BCUT2D eigenvalue weighted by Gasteiger charge is 2.57. The van der Waals surface area contributed by atoms with E-state index in [-0.39, 0.29) is 6.71 Å². The molecule has 0 saturated heterocycles. The van der Waals surface area contributed by atoms with Crippen molar-refractivity contribution < 1.29 is 0 Å². The first kappa shape index (κ1) is 51.5. The Balaban J connectivity index is 0.919. The van der Waals surface area contributed by atoms with E-state index in [1.165, 1.54) is 144 Å². The average molecular weight is 1200 g/mol. The van der Waals surface area contributed by atoms with E-state index < -0.39 is 18.9 Å². The number of hydrogen-bond donors (Lipinski definition) is 0. The summed E-state index contributed by atoms with van der Waals surface area (Å²) < 4.78 is 0. The van der Waals surface area contributed by atoms with Gasteiger partial charge in [-0.1, -0.05) is 274 Å². The number of fused-ring (bicyclic) bond motifs is 29. The lowest BCUT2D eigenvalue weighted by molar-refractivity contribution is 0.794. The molecule has 7 aliphatic rings. The zero-order valence-electron chi connectivity index (χ0n) is 51.4. The molecule has 432 valence electrons. The minimum Gasteiger partial charge on any atom is -0.311 e. The first-order valence-corrected chi connectivity index (χ1v) is 35.9. The van der Waals surface area contributed by atoms with Crippen LogP contribution in [0.1, 0.15) is 44.5 Å². The highest BCUT2D eigenvalue weighted by Crippen LogP contribution is 2.67. The Kier molecular flexibility index (Phi) is 10.2. The molecule has 5 heteroatoms. The summed E-state index contributed by atoms with van der Waals surface area (Å²) in [4.78, 5) is 7.99. The molecular formula is C88H58BN3Si. The van der Waals surface area contributed by atoms with E-state index in [4.69, 9.17) is 0 Å². The van der Waals surface area contributed by atoms with Gasteiger partial charge in [0.05, 0.1) is 22.2 Å². The van der Waals surface area contributed by atoms with Crippen LogP contribution in [0.2, 0.25) is 13.1 Å². The molecule has 3 aliphatic heterocycles. The van der Waals surface area contributed by atoms with Crippen molar-refractivity contribution in [2.24, 2.45) is 0 Å². The predicted molar refractivity (Wildman–Crippen MR) is 390 cm³/mol. The van der Waals surface area contributed by atoms with Crippen molar-refractivity contribution in [3.05, 3.63) is 360 Å². The first-order chi connectivity index (χ1) is 46.0.